The molecule has 1 aromatic carbocycles. The Kier molecular flexibility index (Phi) is 3.66. The van der Waals surface area contributed by atoms with Gasteiger partial charge in [0.05, 0.1) is 10.9 Å². The van der Waals surface area contributed by atoms with Crippen molar-refractivity contribution in [2.45, 2.75) is 13.3 Å². The Labute approximate surface area is 108 Å². The van der Waals surface area contributed by atoms with Crippen molar-refractivity contribution in [2.75, 3.05) is 7.11 Å². The van der Waals surface area contributed by atoms with Crippen LogP contribution in [0.15, 0.2) is 34.1 Å². The smallest absolute Gasteiger partial charge is 0.118 e. The van der Waals surface area contributed by atoms with Crippen molar-refractivity contribution in [3.8, 4) is 5.75 Å². The van der Waals surface area contributed by atoms with Crippen LogP contribution in [0.25, 0.3) is 0 Å². The van der Waals surface area contributed by atoms with Gasteiger partial charge in [-0.05, 0) is 58.6 Å². The summed E-state index contributed by atoms with van der Waals surface area (Å²) in [5.41, 5.74) is 2.70. The fourth-order valence-electron chi connectivity index (χ4n) is 1.62. The lowest BCUT2D eigenvalue weighted by Crippen LogP contribution is -1.88. The molecular formula is C13H13BrOS. The van der Waals surface area contributed by atoms with E-state index in [9.17, 15) is 0 Å². The first-order chi connectivity index (χ1) is 7.69. The van der Waals surface area contributed by atoms with Crippen molar-refractivity contribution in [2.24, 2.45) is 0 Å². The molecule has 1 heterocycles. The van der Waals surface area contributed by atoms with Crippen molar-refractivity contribution in [3.63, 3.8) is 0 Å². The number of ether oxygens (including phenoxy) is 1. The molecule has 84 valence electrons. The van der Waals surface area contributed by atoms with E-state index in [-0.39, 0.29) is 0 Å². The molecule has 0 unspecified atom stereocenters. The summed E-state index contributed by atoms with van der Waals surface area (Å²) >= 11 is 5.31. The maximum atomic E-state index is 5.14. The highest BCUT2D eigenvalue weighted by Crippen LogP contribution is 2.28. The summed E-state index contributed by atoms with van der Waals surface area (Å²) in [4.78, 5) is 1.38. The van der Waals surface area contributed by atoms with Crippen molar-refractivity contribution >= 4 is 27.3 Å². The number of benzene rings is 1. The minimum absolute atomic E-state index is 0.909. The second-order valence-corrected chi connectivity index (χ2v) is 6.29. The number of rotatable bonds is 3. The molecule has 2 rings (SSSR count). The van der Waals surface area contributed by atoms with Gasteiger partial charge in [-0.15, -0.1) is 11.3 Å². The van der Waals surface area contributed by atoms with Gasteiger partial charge in [-0.25, -0.2) is 0 Å². The zero-order valence-corrected chi connectivity index (χ0v) is 11.7. The first-order valence-electron chi connectivity index (χ1n) is 5.07. The van der Waals surface area contributed by atoms with Crippen LogP contribution in [-0.2, 0) is 6.42 Å². The normalized spacial score (nSPS) is 10.4. The first kappa shape index (κ1) is 11.7. The molecule has 0 N–H and O–H groups in total. The number of thiophene rings is 1. The maximum absolute atomic E-state index is 5.14. The summed E-state index contributed by atoms with van der Waals surface area (Å²) in [6.45, 7) is 2.16. The van der Waals surface area contributed by atoms with Crippen LogP contribution in [0, 0.1) is 6.92 Å². The Morgan fingerprint density at radius 3 is 2.44 bits per heavy atom. The van der Waals surface area contributed by atoms with E-state index < -0.39 is 0 Å². The van der Waals surface area contributed by atoms with E-state index in [0.717, 1.165) is 12.2 Å². The van der Waals surface area contributed by atoms with Crippen LogP contribution in [0.3, 0.4) is 0 Å². The molecule has 0 aliphatic heterocycles. The number of hydrogen-bond acceptors (Lipinski definition) is 2. The molecule has 0 radical (unpaired) electrons. The molecular weight excluding hydrogens is 284 g/mol. The Balaban J connectivity index is 2.17. The molecule has 0 saturated carbocycles. The predicted molar refractivity (Wildman–Crippen MR) is 72.6 cm³/mol. The summed E-state index contributed by atoms with van der Waals surface area (Å²) in [5.74, 6) is 0.909. The van der Waals surface area contributed by atoms with Gasteiger partial charge < -0.3 is 4.74 Å². The van der Waals surface area contributed by atoms with E-state index in [0.29, 0.717) is 0 Å². The molecule has 0 aliphatic rings. The van der Waals surface area contributed by atoms with E-state index in [1.54, 1.807) is 18.4 Å². The zero-order valence-electron chi connectivity index (χ0n) is 9.29. The molecule has 0 spiro atoms. The Hall–Kier alpha value is -0.800. The number of halogens is 1. The summed E-state index contributed by atoms with van der Waals surface area (Å²) in [5, 5.41) is 0. The van der Waals surface area contributed by atoms with Crippen LogP contribution in [0.2, 0.25) is 0 Å². The van der Waals surface area contributed by atoms with E-state index in [1.807, 2.05) is 12.1 Å². The first-order valence-corrected chi connectivity index (χ1v) is 6.67. The van der Waals surface area contributed by atoms with Crippen molar-refractivity contribution in [1.82, 2.24) is 0 Å². The molecule has 1 aromatic heterocycles. The van der Waals surface area contributed by atoms with Gasteiger partial charge in [0.2, 0.25) is 0 Å². The molecule has 16 heavy (non-hydrogen) atoms. The van der Waals surface area contributed by atoms with Crippen LogP contribution in [-0.4, -0.2) is 7.11 Å². The molecule has 0 atom stereocenters. The van der Waals surface area contributed by atoms with Crippen LogP contribution in [0.5, 0.6) is 5.75 Å². The highest BCUT2D eigenvalue weighted by molar-refractivity contribution is 9.11. The quantitative estimate of drug-likeness (QED) is 0.815. The van der Waals surface area contributed by atoms with E-state index >= 15 is 0 Å². The van der Waals surface area contributed by atoms with Crippen molar-refractivity contribution in [1.29, 1.82) is 0 Å². The van der Waals surface area contributed by atoms with Gasteiger partial charge in [0.1, 0.15) is 5.75 Å². The molecule has 1 nitrogen and oxygen atoms in total. The summed E-state index contributed by atoms with van der Waals surface area (Å²) in [6, 6.07) is 10.4. The van der Waals surface area contributed by atoms with E-state index in [4.69, 9.17) is 4.74 Å². The Morgan fingerprint density at radius 1 is 1.25 bits per heavy atom. The summed E-state index contributed by atoms with van der Waals surface area (Å²) < 4.78 is 6.34. The number of methoxy groups -OCH3 is 1. The van der Waals surface area contributed by atoms with E-state index in [2.05, 4.69) is 41.1 Å². The van der Waals surface area contributed by atoms with Crippen LogP contribution < -0.4 is 4.74 Å². The zero-order chi connectivity index (χ0) is 11.5. The minimum Gasteiger partial charge on any atom is -0.497 e. The SMILES string of the molecule is COc1ccc(Cc2cc(Br)sc2C)cc1. The van der Waals surface area contributed by atoms with Gasteiger partial charge >= 0.3 is 0 Å². The van der Waals surface area contributed by atoms with Crippen LogP contribution >= 0.6 is 27.3 Å². The lowest BCUT2D eigenvalue weighted by atomic mass is 10.1. The molecule has 0 bridgehead atoms. The molecule has 0 saturated heterocycles. The lowest BCUT2D eigenvalue weighted by molar-refractivity contribution is 0.414. The van der Waals surface area contributed by atoms with Gasteiger partial charge in [0, 0.05) is 4.88 Å². The van der Waals surface area contributed by atoms with Gasteiger partial charge in [-0.1, -0.05) is 12.1 Å². The standard InChI is InChI=1S/C13H13BrOS/c1-9-11(8-13(14)16-9)7-10-3-5-12(15-2)6-4-10/h3-6,8H,7H2,1-2H3. The Bertz CT molecular complexity index is 473. The van der Waals surface area contributed by atoms with Crippen molar-refractivity contribution < 1.29 is 4.74 Å². The predicted octanol–water partition coefficient (Wildman–Crippen LogP) is 4.42. The van der Waals surface area contributed by atoms with Crippen LogP contribution in [0.4, 0.5) is 0 Å². The molecule has 2 aromatic rings. The molecule has 0 fully saturated rings. The third-order valence-electron chi connectivity index (χ3n) is 2.54. The number of hydrogen-bond donors (Lipinski definition) is 0. The topological polar surface area (TPSA) is 9.23 Å². The fourth-order valence-corrected chi connectivity index (χ4v) is 3.38. The van der Waals surface area contributed by atoms with Gasteiger partial charge in [0.25, 0.3) is 0 Å². The van der Waals surface area contributed by atoms with Gasteiger partial charge in [0.15, 0.2) is 0 Å². The third-order valence-corrected chi connectivity index (χ3v) is 4.14. The third kappa shape index (κ3) is 2.66. The van der Waals surface area contributed by atoms with Gasteiger partial charge in [-0.3, -0.25) is 0 Å². The van der Waals surface area contributed by atoms with Crippen molar-refractivity contribution in [3.05, 3.63) is 50.1 Å². The maximum Gasteiger partial charge on any atom is 0.118 e. The van der Waals surface area contributed by atoms with Gasteiger partial charge in [-0.2, -0.15) is 0 Å². The second-order valence-electron chi connectivity index (χ2n) is 3.66. The van der Waals surface area contributed by atoms with Crippen LogP contribution in [0.1, 0.15) is 16.0 Å². The highest BCUT2D eigenvalue weighted by atomic mass is 79.9. The molecule has 3 heteroatoms. The fraction of sp³-hybridized carbons (Fsp3) is 0.231. The Morgan fingerprint density at radius 2 is 1.94 bits per heavy atom. The average Bonchev–Trinajstić information content (AvgIpc) is 2.59. The largest absolute Gasteiger partial charge is 0.497 e. The monoisotopic (exact) mass is 296 g/mol. The average molecular weight is 297 g/mol. The number of aryl methyl sites for hydroxylation is 1. The highest BCUT2D eigenvalue weighted by Gasteiger charge is 2.04. The van der Waals surface area contributed by atoms with E-state index in [1.165, 1.54) is 19.8 Å². The summed E-state index contributed by atoms with van der Waals surface area (Å²) in [6.07, 6.45) is 0.984. The minimum atomic E-state index is 0.909. The second kappa shape index (κ2) is 5.02. The summed E-state index contributed by atoms with van der Waals surface area (Å²) in [7, 11) is 1.69. The lowest BCUT2D eigenvalue weighted by Gasteiger charge is -2.03. The molecule has 0 amide bonds. The molecule has 0 aliphatic carbocycles.